The summed E-state index contributed by atoms with van der Waals surface area (Å²) >= 11 is 5.80. The van der Waals surface area contributed by atoms with E-state index in [1.807, 2.05) is 12.1 Å². The second kappa shape index (κ2) is 9.54. The van der Waals surface area contributed by atoms with Crippen LogP contribution < -0.4 is 11.1 Å². The molecule has 0 fully saturated rings. The number of primary amides is 1. The van der Waals surface area contributed by atoms with Gasteiger partial charge in [-0.1, -0.05) is 23.7 Å². The summed E-state index contributed by atoms with van der Waals surface area (Å²) in [6.45, 7) is 0.234. The number of ether oxygens (including phenoxy) is 1. The van der Waals surface area contributed by atoms with Crippen molar-refractivity contribution in [2.45, 2.75) is 12.8 Å². The van der Waals surface area contributed by atoms with Crippen LogP contribution in [0.25, 0.3) is 0 Å². The highest BCUT2D eigenvalue weighted by molar-refractivity contribution is 6.30. The number of esters is 1. The Labute approximate surface area is 160 Å². The minimum atomic E-state index is -0.751. The number of nitro benzene ring substituents is 1. The Kier molecular flexibility index (Phi) is 7.13. The molecular formula is C18H18ClN3O5. The fourth-order valence-electron chi connectivity index (χ4n) is 2.31. The van der Waals surface area contributed by atoms with Crippen molar-refractivity contribution in [1.82, 2.24) is 0 Å². The molecule has 8 nitrogen and oxygen atoms in total. The van der Waals surface area contributed by atoms with Crippen LogP contribution in [0, 0.1) is 10.1 Å². The number of carbonyl (C=O) groups excluding carboxylic acids is 2. The van der Waals surface area contributed by atoms with Crippen molar-refractivity contribution in [1.29, 1.82) is 0 Å². The first-order valence-corrected chi connectivity index (χ1v) is 8.47. The van der Waals surface area contributed by atoms with Gasteiger partial charge in [0.15, 0.2) is 0 Å². The number of nitrogens with one attached hydrogen (secondary N) is 1. The summed E-state index contributed by atoms with van der Waals surface area (Å²) in [7, 11) is 0. The molecule has 0 spiro atoms. The molecule has 2 rings (SSSR count). The van der Waals surface area contributed by atoms with Gasteiger partial charge in [0, 0.05) is 29.6 Å². The normalized spacial score (nSPS) is 10.3. The SMILES string of the molecule is NC(=O)c1ccc(NCCOC(=O)CCc2ccc(Cl)cc2)c([N+](=O)[O-])c1. The molecule has 0 aliphatic heterocycles. The maximum absolute atomic E-state index is 11.8. The van der Waals surface area contributed by atoms with E-state index in [0.717, 1.165) is 11.6 Å². The number of nitrogens with zero attached hydrogens (tertiary/aromatic N) is 1. The molecule has 0 heterocycles. The van der Waals surface area contributed by atoms with E-state index in [2.05, 4.69) is 5.32 Å². The molecule has 0 aliphatic rings. The van der Waals surface area contributed by atoms with Crippen LogP contribution >= 0.6 is 11.6 Å². The number of hydrogen-bond acceptors (Lipinski definition) is 6. The lowest BCUT2D eigenvalue weighted by atomic mass is 10.1. The molecule has 9 heteroatoms. The van der Waals surface area contributed by atoms with Gasteiger partial charge in [-0.15, -0.1) is 0 Å². The van der Waals surface area contributed by atoms with E-state index in [0.29, 0.717) is 11.4 Å². The Morgan fingerprint density at radius 1 is 1.19 bits per heavy atom. The highest BCUT2D eigenvalue weighted by atomic mass is 35.5. The topological polar surface area (TPSA) is 125 Å². The Morgan fingerprint density at radius 2 is 1.89 bits per heavy atom. The van der Waals surface area contributed by atoms with Crippen LogP contribution in [0.5, 0.6) is 0 Å². The van der Waals surface area contributed by atoms with Crippen molar-refractivity contribution >= 4 is 34.9 Å². The fraction of sp³-hybridized carbons (Fsp3) is 0.222. The molecule has 2 aromatic carbocycles. The van der Waals surface area contributed by atoms with E-state index in [9.17, 15) is 19.7 Å². The minimum absolute atomic E-state index is 0.0425. The third-order valence-corrected chi connectivity index (χ3v) is 3.94. The predicted octanol–water partition coefficient (Wildman–Crippen LogP) is 2.94. The first-order valence-electron chi connectivity index (χ1n) is 8.09. The van der Waals surface area contributed by atoms with Crippen molar-refractivity contribution in [3.63, 3.8) is 0 Å². The summed E-state index contributed by atoms with van der Waals surface area (Å²) in [5, 5.41) is 14.5. The van der Waals surface area contributed by atoms with Crippen LogP contribution in [0.15, 0.2) is 42.5 Å². The second-order valence-electron chi connectivity index (χ2n) is 5.63. The molecule has 0 saturated carbocycles. The number of nitro groups is 1. The summed E-state index contributed by atoms with van der Waals surface area (Å²) in [6.07, 6.45) is 0.749. The smallest absolute Gasteiger partial charge is 0.306 e. The number of rotatable bonds is 9. The van der Waals surface area contributed by atoms with Gasteiger partial charge in [0.2, 0.25) is 5.91 Å². The van der Waals surface area contributed by atoms with E-state index in [1.54, 1.807) is 12.1 Å². The van der Waals surface area contributed by atoms with Gasteiger partial charge >= 0.3 is 5.97 Å². The Bertz CT molecular complexity index is 839. The van der Waals surface area contributed by atoms with Gasteiger partial charge in [0.05, 0.1) is 4.92 Å². The highest BCUT2D eigenvalue weighted by Gasteiger charge is 2.16. The average molecular weight is 392 g/mol. The van der Waals surface area contributed by atoms with Crippen molar-refractivity contribution in [2.75, 3.05) is 18.5 Å². The molecule has 0 radical (unpaired) electrons. The summed E-state index contributed by atoms with van der Waals surface area (Å²) in [6, 6.07) is 11.1. The fourth-order valence-corrected chi connectivity index (χ4v) is 2.43. The number of nitrogens with two attached hydrogens (primary N) is 1. The molecule has 3 N–H and O–H groups in total. The first kappa shape index (κ1) is 20.2. The van der Waals surface area contributed by atoms with Gasteiger partial charge in [-0.3, -0.25) is 19.7 Å². The van der Waals surface area contributed by atoms with Crippen LogP contribution in [0.2, 0.25) is 5.02 Å². The van der Waals surface area contributed by atoms with Gasteiger partial charge in [0.25, 0.3) is 5.69 Å². The molecule has 0 aliphatic carbocycles. The monoisotopic (exact) mass is 391 g/mol. The maximum Gasteiger partial charge on any atom is 0.306 e. The van der Waals surface area contributed by atoms with Crippen LogP contribution in [-0.2, 0) is 16.0 Å². The second-order valence-corrected chi connectivity index (χ2v) is 6.06. The number of carbonyl (C=O) groups is 2. The zero-order valence-electron chi connectivity index (χ0n) is 14.3. The Balaban J connectivity index is 1.79. The lowest BCUT2D eigenvalue weighted by Crippen LogP contribution is -2.15. The molecule has 1 amide bonds. The van der Waals surface area contributed by atoms with E-state index < -0.39 is 10.8 Å². The predicted molar refractivity (Wildman–Crippen MR) is 101 cm³/mol. The summed E-state index contributed by atoms with van der Waals surface area (Å²) < 4.78 is 5.10. The summed E-state index contributed by atoms with van der Waals surface area (Å²) in [5.74, 6) is -1.12. The third-order valence-electron chi connectivity index (χ3n) is 3.69. The van der Waals surface area contributed by atoms with Crippen molar-refractivity contribution in [2.24, 2.45) is 5.73 Å². The van der Waals surface area contributed by atoms with Gasteiger partial charge < -0.3 is 15.8 Å². The molecule has 0 saturated heterocycles. The number of halogens is 1. The summed E-state index contributed by atoms with van der Waals surface area (Å²) in [5.41, 5.74) is 6.07. The lowest BCUT2D eigenvalue weighted by Gasteiger charge is -2.09. The number of hydrogen-bond donors (Lipinski definition) is 2. The van der Waals surface area contributed by atoms with E-state index in [1.165, 1.54) is 12.1 Å². The third kappa shape index (κ3) is 6.27. The number of aryl methyl sites for hydroxylation is 1. The molecule has 0 unspecified atom stereocenters. The van der Waals surface area contributed by atoms with Gasteiger partial charge in [-0.25, -0.2) is 0 Å². The van der Waals surface area contributed by atoms with Crippen LogP contribution in [-0.4, -0.2) is 30.0 Å². The molecule has 0 bridgehead atoms. The van der Waals surface area contributed by atoms with Gasteiger partial charge in [-0.2, -0.15) is 0 Å². The maximum atomic E-state index is 11.8. The van der Waals surface area contributed by atoms with Gasteiger partial charge in [-0.05, 0) is 36.2 Å². The van der Waals surface area contributed by atoms with E-state index in [-0.39, 0.29) is 42.5 Å². The lowest BCUT2D eigenvalue weighted by molar-refractivity contribution is -0.384. The van der Waals surface area contributed by atoms with Crippen molar-refractivity contribution in [3.05, 3.63) is 68.7 Å². The molecule has 0 aromatic heterocycles. The highest BCUT2D eigenvalue weighted by Crippen LogP contribution is 2.25. The molecule has 2 aromatic rings. The molecule has 27 heavy (non-hydrogen) atoms. The van der Waals surface area contributed by atoms with Crippen LogP contribution in [0.4, 0.5) is 11.4 Å². The standard InChI is InChI=1S/C18H18ClN3O5/c19-14-5-1-12(2-6-14)3-8-17(23)27-10-9-21-15-7-4-13(18(20)24)11-16(15)22(25)26/h1-2,4-7,11,21H,3,8-10H2,(H2,20,24). The minimum Gasteiger partial charge on any atom is -0.464 e. The first-order chi connectivity index (χ1) is 12.9. The van der Waals surface area contributed by atoms with E-state index >= 15 is 0 Å². The molecule has 142 valence electrons. The number of amides is 1. The van der Waals surface area contributed by atoms with Crippen LogP contribution in [0.3, 0.4) is 0 Å². The number of benzene rings is 2. The van der Waals surface area contributed by atoms with Crippen molar-refractivity contribution in [3.8, 4) is 0 Å². The molecule has 0 atom stereocenters. The van der Waals surface area contributed by atoms with Gasteiger partial charge in [0.1, 0.15) is 12.3 Å². The molecular weight excluding hydrogens is 374 g/mol. The zero-order valence-corrected chi connectivity index (χ0v) is 15.1. The Hall–Kier alpha value is -3.13. The van der Waals surface area contributed by atoms with E-state index in [4.69, 9.17) is 22.1 Å². The number of anilines is 1. The Morgan fingerprint density at radius 3 is 2.52 bits per heavy atom. The van der Waals surface area contributed by atoms with Crippen LogP contribution in [0.1, 0.15) is 22.3 Å². The summed E-state index contributed by atoms with van der Waals surface area (Å²) in [4.78, 5) is 33.4. The average Bonchev–Trinajstić information content (AvgIpc) is 2.64. The van der Waals surface area contributed by atoms with Crippen molar-refractivity contribution < 1.29 is 19.2 Å². The largest absolute Gasteiger partial charge is 0.464 e. The quantitative estimate of drug-likeness (QED) is 0.293. The zero-order chi connectivity index (χ0) is 19.8.